The molecule has 1 aliphatic rings. The van der Waals surface area contributed by atoms with Gasteiger partial charge in [0.05, 0.1) is 4.90 Å². The molecule has 7 heteroatoms. The molecule has 0 aliphatic carbocycles. The molecule has 1 fully saturated rings. The fourth-order valence-electron chi connectivity index (χ4n) is 1.91. The van der Waals surface area contributed by atoms with Crippen LogP contribution in [-0.2, 0) is 10.0 Å². The minimum atomic E-state index is -3.67. The maximum atomic E-state index is 13.2. The van der Waals surface area contributed by atoms with E-state index in [4.69, 9.17) is 0 Å². The predicted octanol–water partition coefficient (Wildman–Crippen LogP) is 1.07. The van der Waals surface area contributed by atoms with Gasteiger partial charge in [0.25, 0.3) is 0 Å². The Balaban J connectivity index is 2.35. The van der Waals surface area contributed by atoms with E-state index in [1.807, 2.05) is 6.92 Å². The van der Waals surface area contributed by atoms with Crippen molar-refractivity contribution >= 4 is 21.4 Å². The molecule has 1 aliphatic heterocycles. The summed E-state index contributed by atoms with van der Waals surface area (Å²) in [6, 6.07) is 1.59. The summed E-state index contributed by atoms with van der Waals surface area (Å²) in [6.45, 7) is 3.12. The van der Waals surface area contributed by atoms with Crippen molar-refractivity contribution in [3.63, 3.8) is 0 Å². The highest BCUT2D eigenvalue weighted by atomic mass is 32.2. The topological polar surface area (TPSA) is 57.6 Å². The minimum absolute atomic E-state index is 0.169. The average molecular weight is 279 g/mol. The van der Waals surface area contributed by atoms with Gasteiger partial charge in [0.2, 0.25) is 10.0 Å². The second kappa shape index (κ2) is 4.31. The standard InChI is InChI=1S/C10H14FNO3S2/c1-6-3-10(7(2)16-6)17(14,15)12-4-8(11)9(13)5-12/h3,8-9,13H,4-5H2,1-2H3/t8-,9-/m1/s1. The molecule has 0 aromatic carbocycles. The van der Waals surface area contributed by atoms with Crippen molar-refractivity contribution in [3.05, 3.63) is 15.8 Å². The molecular weight excluding hydrogens is 265 g/mol. The SMILES string of the molecule is Cc1cc(S(=O)(=O)N2C[C@@H](O)[C@H](F)C2)c(C)s1. The van der Waals surface area contributed by atoms with Gasteiger partial charge < -0.3 is 5.11 Å². The highest BCUT2D eigenvalue weighted by molar-refractivity contribution is 7.89. The Morgan fingerprint density at radius 2 is 2.12 bits per heavy atom. The van der Waals surface area contributed by atoms with Gasteiger partial charge in [0, 0.05) is 22.8 Å². The third-order valence-electron chi connectivity index (χ3n) is 2.80. The summed E-state index contributed by atoms with van der Waals surface area (Å²) in [6.07, 6.45) is -2.71. The number of rotatable bonds is 2. The number of nitrogens with zero attached hydrogens (tertiary/aromatic N) is 1. The van der Waals surface area contributed by atoms with Crippen molar-refractivity contribution in [1.82, 2.24) is 4.31 Å². The lowest BCUT2D eigenvalue weighted by Gasteiger charge is -2.14. The van der Waals surface area contributed by atoms with Crippen LogP contribution in [0.4, 0.5) is 4.39 Å². The van der Waals surface area contributed by atoms with Crippen molar-refractivity contribution in [1.29, 1.82) is 0 Å². The second-order valence-corrected chi connectivity index (χ2v) is 7.55. The van der Waals surface area contributed by atoms with Crippen LogP contribution in [0.2, 0.25) is 0 Å². The van der Waals surface area contributed by atoms with Gasteiger partial charge in [-0.2, -0.15) is 4.31 Å². The molecule has 0 amide bonds. The summed E-state index contributed by atoms with van der Waals surface area (Å²) in [5.41, 5.74) is 0. The smallest absolute Gasteiger partial charge is 0.244 e. The van der Waals surface area contributed by atoms with E-state index in [-0.39, 0.29) is 18.0 Å². The maximum Gasteiger partial charge on any atom is 0.244 e. The Hall–Kier alpha value is -0.500. The average Bonchev–Trinajstić information content (AvgIpc) is 2.72. The van der Waals surface area contributed by atoms with Gasteiger partial charge in [-0.3, -0.25) is 0 Å². The Morgan fingerprint density at radius 3 is 2.53 bits per heavy atom. The highest BCUT2D eigenvalue weighted by Crippen LogP contribution is 2.30. The lowest BCUT2D eigenvalue weighted by Crippen LogP contribution is -2.29. The zero-order valence-corrected chi connectivity index (χ0v) is 11.2. The number of β-amino-alcohol motifs (C(OH)–C–C–N with tert-alkyl or cyclic N) is 1. The van der Waals surface area contributed by atoms with E-state index < -0.39 is 22.3 Å². The van der Waals surface area contributed by atoms with E-state index in [0.29, 0.717) is 4.88 Å². The van der Waals surface area contributed by atoms with E-state index in [1.165, 1.54) is 11.3 Å². The molecule has 1 aromatic heterocycles. The number of aliphatic hydroxyl groups is 1. The van der Waals surface area contributed by atoms with Gasteiger partial charge in [0.15, 0.2) is 0 Å². The van der Waals surface area contributed by atoms with Crippen molar-refractivity contribution in [2.45, 2.75) is 31.0 Å². The largest absolute Gasteiger partial charge is 0.389 e. The van der Waals surface area contributed by atoms with E-state index >= 15 is 0 Å². The number of aryl methyl sites for hydroxylation is 2. The molecule has 4 nitrogen and oxygen atoms in total. The van der Waals surface area contributed by atoms with Crippen LogP contribution in [0.3, 0.4) is 0 Å². The molecule has 0 bridgehead atoms. The summed E-state index contributed by atoms with van der Waals surface area (Å²) in [5.74, 6) is 0. The second-order valence-electron chi connectivity index (χ2n) is 4.18. The van der Waals surface area contributed by atoms with Crippen LogP contribution in [0, 0.1) is 13.8 Å². The molecule has 0 saturated carbocycles. The van der Waals surface area contributed by atoms with Crippen LogP contribution in [0.25, 0.3) is 0 Å². The van der Waals surface area contributed by atoms with E-state index in [0.717, 1.165) is 9.18 Å². The van der Waals surface area contributed by atoms with E-state index in [1.54, 1.807) is 13.0 Å². The summed E-state index contributed by atoms with van der Waals surface area (Å²) in [4.78, 5) is 1.82. The van der Waals surface area contributed by atoms with Crippen molar-refractivity contribution in [3.8, 4) is 0 Å². The molecule has 0 spiro atoms. The Labute approximate surface area is 104 Å². The van der Waals surface area contributed by atoms with Gasteiger partial charge in [0.1, 0.15) is 12.3 Å². The fraction of sp³-hybridized carbons (Fsp3) is 0.600. The number of alkyl halides is 1. The quantitative estimate of drug-likeness (QED) is 0.881. The molecule has 96 valence electrons. The number of sulfonamides is 1. The molecule has 2 rings (SSSR count). The molecule has 0 radical (unpaired) electrons. The molecule has 1 saturated heterocycles. The summed E-state index contributed by atoms with van der Waals surface area (Å²) >= 11 is 1.39. The Kier molecular flexibility index (Phi) is 3.28. The van der Waals surface area contributed by atoms with Gasteiger partial charge in [-0.25, -0.2) is 12.8 Å². The number of halogens is 1. The fourth-order valence-corrected chi connectivity index (χ4v) is 4.90. The zero-order valence-electron chi connectivity index (χ0n) is 9.55. The van der Waals surface area contributed by atoms with Crippen molar-refractivity contribution in [2.75, 3.05) is 13.1 Å². The van der Waals surface area contributed by atoms with Crippen LogP contribution >= 0.6 is 11.3 Å². The molecule has 2 atom stereocenters. The van der Waals surface area contributed by atoms with Crippen LogP contribution in [0.5, 0.6) is 0 Å². The predicted molar refractivity (Wildman–Crippen MR) is 63.5 cm³/mol. The third kappa shape index (κ3) is 2.24. The third-order valence-corrected chi connectivity index (χ3v) is 5.85. The first-order chi connectivity index (χ1) is 7.82. The molecule has 0 unspecified atom stereocenters. The highest BCUT2D eigenvalue weighted by Gasteiger charge is 2.39. The summed E-state index contributed by atoms with van der Waals surface area (Å²) in [7, 11) is -3.67. The lowest BCUT2D eigenvalue weighted by molar-refractivity contribution is 0.117. The van der Waals surface area contributed by atoms with E-state index in [9.17, 15) is 17.9 Å². The number of thiophene rings is 1. The molecular formula is C10H14FNO3S2. The molecule has 17 heavy (non-hydrogen) atoms. The van der Waals surface area contributed by atoms with Crippen molar-refractivity contribution < 1.29 is 17.9 Å². The molecule has 1 aromatic rings. The van der Waals surface area contributed by atoms with Gasteiger partial charge in [-0.05, 0) is 19.9 Å². The normalized spacial score (nSPS) is 26.6. The summed E-state index contributed by atoms with van der Waals surface area (Å²) in [5, 5.41) is 9.27. The number of hydrogen-bond acceptors (Lipinski definition) is 4. The van der Waals surface area contributed by atoms with Gasteiger partial charge >= 0.3 is 0 Å². The van der Waals surface area contributed by atoms with Crippen molar-refractivity contribution in [2.24, 2.45) is 0 Å². The number of aliphatic hydroxyl groups excluding tert-OH is 1. The Bertz CT molecular complexity index is 516. The lowest BCUT2D eigenvalue weighted by atomic mass is 10.3. The van der Waals surface area contributed by atoms with Gasteiger partial charge in [-0.15, -0.1) is 11.3 Å². The maximum absolute atomic E-state index is 13.2. The molecule has 1 N–H and O–H groups in total. The van der Waals surface area contributed by atoms with Crippen LogP contribution < -0.4 is 0 Å². The minimum Gasteiger partial charge on any atom is -0.389 e. The first-order valence-electron chi connectivity index (χ1n) is 5.21. The number of hydrogen-bond donors (Lipinski definition) is 1. The zero-order chi connectivity index (χ0) is 12.8. The van der Waals surface area contributed by atoms with Crippen LogP contribution in [0.1, 0.15) is 9.75 Å². The first kappa shape index (κ1) is 12.9. The molecule has 2 heterocycles. The van der Waals surface area contributed by atoms with Gasteiger partial charge in [-0.1, -0.05) is 0 Å². The van der Waals surface area contributed by atoms with Crippen LogP contribution in [-0.4, -0.2) is 43.2 Å². The van der Waals surface area contributed by atoms with Crippen LogP contribution in [0.15, 0.2) is 11.0 Å². The summed E-state index contributed by atoms with van der Waals surface area (Å²) < 4.78 is 38.6. The first-order valence-corrected chi connectivity index (χ1v) is 7.47. The monoisotopic (exact) mass is 279 g/mol. The Morgan fingerprint density at radius 1 is 1.47 bits per heavy atom. The van der Waals surface area contributed by atoms with E-state index in [2.05, 4.69) is 0 Å².